The van der Waals surface area contributed by atoms with Gasteiger partial charge in [-0.2, -0.15) is 4.68 Å². The first kappa shape index (κ1) is 19.5. The summed E-state index contributed by atoms with van der Waals surface area (Å²) in [7, 11) is 0. The average Bonchev–Trinajstić information content (AvgIpc) is 3.22. The molecule has 1 aromatic carbocycles. The number of hydrogen-bond acceptors (Lipinski definition) is 7. The van der Waals surface area contributed by atoms with Gasteiger partial charge in [-0.15, -0.1) is 16.4 Å². The van der Waals surface area contributed by atoms with Gasteiger partial charge >= 0.3 is 0 Å². The molecule has 0 aliphatic rings. The molecule has 0 bridgehead atoms. The number of aromatic nitrogens is 5. The number of carbonyl (C=O) groups is 1. The molecule has 0 spiro atoms. The number of benzene rings is 1. The summed E-state index contributed by atoms with van der Waals surface area (Å²) in [5.41, 5.74) is 4.09. The quantitative estimate of drug-likeness (QED) is 0.654. The molecule has 3 rings (SSSR count). The third-order valence-corrected chi connectivity index (χ3v) is 5.55. The second-order valence-electron chi connectivity index (χ2n) is 7.29. The summed E-state index contributed by atoms with van der Waals surface area (Å²) in [6.45, 7) is 10.3. The Bertz CT molecular complexity index is 957. The molecule has 0 atom stereocenters. The highest BCUT2D eigenvalue weighted by molar-refractivity contribution is 7.99. The van der Waals surface area contributed by atoms with E-state index in [1.807, 2.05) is 31.4 Å². The molecule has 0 saturated heterocycles. The van der Waals surface area contributed by atoms with E-state index in [9.17, 15) is 4.79 Å². The molecular weight excluding hydrogens is 380 g/mol. The monoisotopic (exact) mass is 402 g/mol. The van der Waals surface area contributed by atoms with Gasteiger partial charge in [0.05, 0.1) is 17.1 Å². The lowest BCUT2D eigenvalue weighted by atomic mass is 9.93. The number of rotatable bonds is 5. The minimum absolute atomic E-state index is 0.0395. The highest BCUT2D eigenvalue weighted by Crippen LogP contribution is 2.27. The largest absolute Gasteiger partial charge is 0.301 e. The Morgan fingerprint density at radius 3 is 2.74 bits per heavy atom. The number of thioether (sulfide) groups is 1. The summed E-state index contributed by atoms with van der Waals surface area (Å²) in [4.78, 5) is 16.8. The fourth-order valence-electron chi connectivity index (χ4n) is 2.42. The van der Waals surface area contributed by atoms with Crippen LogP contribution in [0.3, 0.4) is 0 Å². The fourth-order valence-corrected chi connectivity index (χ4v) is 4.06. The van der Waals surface area contributed by atoms with E-state index in [4.69, 9.17) is 0 Å². The lowest BCUT2D eigenvalue weighted by Gasteiger charge is -2.14. The van der Waals surface area contributed by atoms with Crippen molar-refractivity contribution in [1.29, 1.82) is 0 Å². The van der Waals surface area contributed by atoms with Crippen LogP contribution >= 0.6 is 23.1 Å². The number of thiazole rings is 1. The first-order valence-electron chi connectivity index (χ1n) is 8.49. The van der Waals surface area contributed by atoms with Gasteiger partial charge < -0.3 is 5.32 Å². The topological polar surface area (TPSA) is 85.6 Å². The summed E-state index contributed by atoms with van der Waals surface area (Å²) in [5, 5.41) is 17.9. The first-order chi connectivity index (χ1) is 12.7. The van der Waals surface area contributed by atoms with Crippen LogP contribution < -0.4 is 5.32 Å². The third-order valence-electron chi connectivity index (χ3n) is 3.87. The molecule has 1 N–H and O–H groups in total. The van der Waals surface area contributed by atoms with Gasteiger partial charge in [0.2, 0.25) is 11.1 Å². The zero-order chi connectivity index (χ0) is 19.6. The maximum atomic E-state index is 12.3. The van der Waals surface area contributed by atoms with E-state index in [0.29, 0.717) is 10.3 Å². The molecule has 0 saturated carbocycles. The molecule has 2 heterocycles. The number of tetrazole rings is 1. The Hall–Kier alpha value is -2.26. The number of anilines is 1. The van der Waals surface area contributed by atoms with Crippen molar-refractivity contribution in [2.45, 2.75) is 45.2 Å². The SMILES string of the molecule is Cc1ccc(-n2nnnc2SCC(=O)Nc2nc(C(C)(C)C)cs2)c(C)c1. The van der Waals surface area contributed by atoms with Crippen LogP contribution in [0.15, 0.2) is 28.7 Å². The van der Waals surface area contributed by atoms with Crippen molar-refractivity contribution in [3.63, 3.8) is 0 Å². The molecule has 0 aliphatic heterocycles. The molecule has 9 heteroatoms. The Labute approximate surface area is 166 Å². The van der Waals surface area contributed by atoms with Crippen molar-refractivity contribution in [2.24, 2.45) is 0 Å². The number of aryl methyl sites for hydroxylation is 2. The Morgan fingerprint density at radius 1 is 1.30 bits per heavy atom. The molecule has 0 aliphatic carbocycles. The van der Waals surface area contributed by atoms with Gasteiger partial charge in [-0.1, -0.05) is 50.2 Å². The lowest BCUT2D eigenvalue weighted by molar-refractivity contribution is -0.113. The summed E-state index contributed by atoms with van der Waals surface area (Å²) in [5.74, 6) is 0.0698. The van der Waals surface area contributed by atoms with Crippen LogP contribution in [0.2, 0.25) is 0 Å². The van der Waals surface area contributed by atoms with Gasteiger partial charge in [-0.3, -0.25) is 4.79 Å². The molecule has 1 amide bonds. The standard InChI is InChI=1S/C18H22N6OS2/c1-11-6-7-13(12(2)8-11)24-17(21-22-23-24)27-10-15(25)20-16-19-14(9-26-16)18(3,4)5/h6-9H,10H2,1-5H3,(H,19,20,25). The summed E-state index contributed by atoms with van der Waals surface area (Å²) < 4.78 is 1.66. The van der Waals surface area contributed by atoms with Gasteiger partial charge in [-0.25, -0.2) is 4.98 Å². The highest BCUT2D eigenvalue weighted by atomic mass is 32.2. The second kappa shape index (κ2) is 7.77. The fraction of sp³-hybridized carbons (Fsp3) is 0.389. The van der Waals surface area contributed by atoms with Crippen molar-refractivity contribution in [2.75, 3.05) is 11.1 Å². The van der Waals surface area contributed by atoms with E-state index >= 15 is 0 Å². The molecule has 3 aromatic rings. The van der Waals surface area contributed by atoms with Crippen molar-refractivity contribution in [3.8, 4) is 5.69 Å². The highest BCUT2D eigenvalue weighted by Gasteiger charge is 2.19. The Morgan fingerprint density at radius 2 is 2.07 bits per heavy atom. The Balaban J connectivity index is 1.65. The summed E-state index contributed by atoms with van der Waals surface area (Å²) in [6.07, 6.45) is 0. The zero-order valence-corrected chi connectivity index (χ0v) is 17.6. The lowest BCUT2D eigenvalue weighted by Crippen LogP contribution is -2.16. The van der Waals surface area contributed by atoms with E-state index in [-0.39, 0.29) is 17.1 Å². The first-order valence-corrected chi connectivity index (χ1v) is 10.4. The molecule has 0 unspecified atom stereocenters. The van der Waals surface area contributed by atoms with Crippen LogP contribution in [-0.4, -0.2) is 36.9 Å². The van der Waals surface area contributed by atoms with E-state index < -0.39 is 0 Å². The molecule has 27 heavy (non-hydrogen) atoms. The van der Waals surface area contributed by atoms with E-state index in [0.717, 1.165) is 16.9 Å². The van der Waals surface area contributed by atoms with Crippen molar-refractivity contribution in [3.05, 3.63) is 40.4 Å². The van der Waals surface area contributed by atoms with E-state index in [1.54, 1.807) is 4.68 Å². The molecule has 7 nitrogen and oxygen atoms in total. The smallest absolute Gasteiger partial charge is 0.236 e. The average molecular weight is 403 g/mol. The van der Waals surface area contributed by atoms with E-state index in [1.165, 1.54) is 28.7 Å². The zero-order valence-electron chi connectivity index (χ0n) is 16.0. The minimum atomic E-state index is -0.134. The molecule has 0 radical (unpaired) electrons. The maximum absolute atomic E-state index is 12.3. The molecule has 142 valence electrons. The van der Waals surface area contributed by atoms with Crippen LogP contribution in [0.5, 0.6) is 0 Å². The van der Waals surface area contributed by atoms with Gasteiger partial charge in [0.15, 0.2) is 5.13 Å². The molecule has 2 aromatic heterocycles. The van der Waals surface area contributed by atoms with Gasteiger partial charge in [0.25, 0.3) is 0 Å². The summed E-state index contributed by atoms with van der Waals surface area (Å²) >= 11 is 2.73. The van der Waals surface area contributed by atoms with Crippen LogP contribution in [0.25, 0.3) is 5.69 Å². The van der Waals surface area contributed by atoms with Crippen molar-refractivity contribution in [1.82, 2.24) is 25.2 Å². The third kappa shape index (κ3) is 4.72. The minimum Gasteiger partial charge on any atom is -0.301 e. The number of nitrogens with one attached hydrogen (secondary N) is 1. The molecule has 0 fully saturated rings. The maximum Gasteiger partial charge on any atom is 0.236 e. The Kier molecular flexibility index (Phi) is 5.61. The van der Waals surface area contributed by atoms with E-state index in [2.05, 4.69) is 52.7 Å². The van der Waals surface area contributed by atoms with Crippen LogP contribution in [0.4, 0.5) is 5.13 Å². The van der Waals surface area contributed by atoms with Crippen LogP contribution in [0.1, 0.15) is 37.6 Å². The normalized spacial score (nSPS) is 11.6. The van der Waals surface area contributed by atoms with Gasteiger partial charge in [0.1, 0.15) is 0 Å². The summed E-state index contributed by atoms with van der Waals surface area (Å²) in [6, 6.07) is 6.07. The number of hydrogen-bond donors (Lipinski definition) is 1. The molecular formula is C18H22N6OS2. The van der Waals surface area contributed by atoms with Gasteiger partial charge in [0, 0.05) is 10.8 Å². The predicted molar refractivity (Wildman–Crippen MR) is 109 cm³/mol. The van der Waals surface area contributed by atoms with Crippen LogP contribution in [0, 0.1) is 13.8 Å². The predicted octanol–water partition coefficient (Wildman–Crippen LogP) is 3.76. The van der Waals surface area contributed by atoms with Gasteiger partial charge in [-0.05, 0) is 35.9 Å². The van der Waals surface area contributed by atoms with Crippen LogP contribution in [-0.2, 0) is 10.2 Å². The number of carbonyl (C=O) groups excluding carboxylic acids is 1. The van der Waals surface area contributed by atoms with Crippen molar-refractivity contribution < 1.29 is 4.79 Å². The second-order valence-corrected chi connectivity index (χ2v) is 9.09. The number of nitrogens with zero attached hydrogens (tertiary/aromatic N) is 5. The number of amides is 1. The van der Waals surface area contributed by atoms with Crippen molar-refractivity contribution >= 4 is 34.1 Å².